The van der Waals surface area contributed by atoms with Gasteiger partial charge in [0.05, 0.1) is 39.9 Å². The summed E-state index contributed by atoms with van der Waals surface area (Å²) in [5, 5.41) is 13.9. The number of nitrogens with zero attached hydrogens (tertiary/aromatic N) is 1. The zero-order valence-electron chi connectivity index (χ0n) is 46.9. The van der Waals surface area contributed by atoms with Crippen LogP contribution in [-0.4, -0.2) is 68.5 Å². The lowest BCUT2D eigenvalue weighted by Gasteiger charge is -2.29. The topological polar surface area (TPSA) is 108 Å². The van der Waals surface area contributed by atoms with Crippen molar-refractivity contribution in [3.63, 3.8) is 0 Å². The first-order valence-corrected chi connectivity index (χ1v) is 30.9. The molecule has 0 rings (SSSR count). The number of hydrogen-bond donors (Lipinski definition) is 2. The Morgan fingerprint density at radius 2 is 0.873 bits per heavy atom. The number of likely N-dealkylation sites (N-methyl/N-ethyl adjacent to an activating group) is 1. The molecule has 0 aromatic heterocycles. The highest BCUT2D eigenvalue weighted by Gasteiger charge is 2.23. The maximum Gasteiger partial charge on any atom is 0.268 e. The van der Waals surface area contributed by atoms with Gasteiger partial charge in [0.15, 0.2) is 0 Å². The number of aliphatic hydroxyl groups excluding tert-OH is 1. The SMILES string of the molecule is CC/C=C\C/C=C\C/C=C\C/C=C\C/C=C\CCCCCCCCCCCCCCCCCCCC(=O)NC(COP(=O)([O-])OCC[N+](C)(C)C)C(O)/C=C/CC/C=C/CCCCCCCCCCCC. The second-order valence-corrected chi connectivity index (χ2v) is 22.4. The van der Waals surface area contributed by atoms with E-state index >= 15 is 0 Å². The van der Waals surface area contributed by atoms with Gasteiger partial charge in [-0.05, 0) is 77.0 Å². The molecular formula is C62H113N2O6P. The lowest BCUT2D eigenvalue weighted by Crippen LogP contribution is -2.45. The standard InChI is InChI=1S/C62H113N2O6P/c1-6-8-10-12-14-16-18-20-22-24-25-26-27-28-29-30-31-32-33-34-35-36-37-38-39-40-42-44-46-48-50-52-54-56-62(66)63-60(59-70-71(67,68)69-58-57-64(3,4)5)61(65)55-53-51-49-47-45-43-41-23-21-19-17-15-13-11-9-7-2/h8,10,14,16,20,22,25-26,28-29,45,47,53,55,60-61,65H,6-7,9,11-13,15,17-19,21,23-24,27,30-44,46,48-52,54,56-59H2,1-5H3,(H-,63,66,67,68)/b10-8-,16-14-,22-20-,26-25-,29-28-,47-45+,55-53+. The molecule has 0 spiro atoms. The van der Waals surface area contributed by atoms with Gasteiger partial charge in [-0.15, -0.1) is 0 Å². The van der Waals surface area contributed by atoms with Crippen LogP contribution in [-0.2, 0) is 18.4 Å². The van der Waals surface area contributed by atoms with Crippen LogP contribution in [0.1, 0.15) is 251 Å². The number of carbonyl (C=O) groups is 1. The predicted molar refractivity (Wildman–Crippen MR) is 307 cm³/mol. The van der Waals surface area contributed by atoms with Crippen molar-refractivity contribution in [2.75, 3.05) is 40.9 Å². The van der Waals surface area contributed by atoms with E-state index < -0.39 is 26.6 Å². The maximum absolute atomic E-state index is 13.0. The van der Waals surface area contributed by atoms with E-state index in [0.717, 1.165) is 70.6 Å². The molecule has 0 aliphatic rings. The number of nitrogens with one attached hydrogen (secondary N) is 1. The van der Waals surface area contributed by atoms with E-state index in [-0.39, 0.29) is 12.5 Å². The second-order valence-electron chi connectivity index (χ2n) is 21.0. The summed E-state index contributed by atoms with van der Waals surface area (Å²) in [5.74, 6) is -0.208. The van der Waals surface area contributed by atoms with Crippen molar-refractivity contribution in [1.29, 1.82) is 0 Å². The Morgan fingerprint density at radius 1 is 0.507 bits per heavy atom. The third-order valence-corrected chi connectivity index (χ3v) is 13.8. The van der Waals surface area contributed by atoms with Crippen LogP contribution in [0, 0.1) is 0 Å². The number of quaternary nitrogens is 1. The highest BCUT2D eigenvalue weighted by molar-refractivity contribution is 7.45. The normalized spacial score (nSPS) is 14.5. The minimum atomic E-state index is -4.61. The molecule has 0 aromatic rings. The summed E-state index contributed by atoms with van der Waals surface area (Å²) in [6, 6.07) is -0.906. The zero-order chi connectivity index (χ0) is 52.0. The van der Waals surface area contributed by atoms with E-state index in [2.05, 4.69) is 92.1 Å². The second kappa shape index (κ2) is 52.5. The van der Waals surface area contributed by atoms with Crippen LogP contribution in [0.4, 0.5) is 0 Å². The van der Waals surface area contributed by atoms with Gasteiger partial charge in [0.2, 0.25) is 5.91 Å². The molecule has 0 radical (unpaired) electrons. The molecule has 0 heterocycles. The van der Waals surface area contributed by atoms with Gasteiger partial charge in [-0.1, -0.05) is 253 Å². The van der Waals surface area contributed by atoms with Gasteiger partial charge in [0, 0.05) is 6.42 Å². The van der Waals surface area contributed by atoms with Crippen LogP contribution in [0.25, 0.3) is 0 Å². The van der Waals surface area contributed by atoms with E-state index in [1.807, 2.05) is 27.2 Å². The third kappa shape index (κ3) is 55.3. The number of allylic oxidation sites excluding steroid dienone is 13. The zero-order valence-corrected chi connectivity index (χ0v) is 47.8. The van der Waals surface area contributed by atoms with Crippen LogP contribution in [0.3, 0.4) is 0 Å². The fourth-order valence-corrected chi connectivity index (χ4v) is 8.98. The number of unbranched alkanes of at least 4 members (excludes halogenated alkanes) is 28. The van der Waals surface area contributed by atoms with Gasteiger partial charge in [-0.3, -0.25) is 9.36 Å². The van der Waals surface area contributed by atoms with Gasteiger partial charge in [-0.2, -0.15) is 0 Å². The maximum atomic E-state index is 13.0. The molecular weight excluding hydrogens is 900 g/mol. The first-order chi connectivity index (χ1) is 34.5. The Balaban J connectivity index is 4.11. The molecule has 0 saturated heterocycles. The minimum absolute atomic E-state index is 0.00817. The quantitative estimate of drug-likeness (QED) is 0.0272. The summed E-state index contributed by atoms with van der Waals surface area (Å²) in [6.45, 7) is 4.52. The number of amides is 1. The van der Waals surface area contributed by atoms with Gasteiger partial charge < -0.3 is 28.8 Å². The molecule has 0 aliphatic carbocycles. The Bertz CT molecular complexity index is 1430. The molecule has 0 aromatic carbocycles. The molecule has 71 heavy (non-hydrogen) atoms. The molecule has 0 aliphatic heterocycles. The Morgan fingerprint density at radius 3 is 1.31 bits per heavy atom. The Hall–Kier alpha value is -2.32. The number of hydrogen-bond acceptors (Lipinski definition) is 6. The van der Waals surface area contributed by atoms with Crippen molar-refractivity contribution in [3.05, 3.63) is 85.1 Å². The average molecular weight is 1010 g/mol. The molecule has 3 atom stereocenters. The minimum Gasteiger partial charge on any atom is -0.756 e. The lowest BCUT2D eigenvalue weighted by atomic mass is 10.0. The molecule has 0 saturated carbocycles. The molecule has 0 fully saturated rings. The van der Waals surface area contributed by atoms with Crippen LogP contribution in [0.5, 0.6) is 0 Å². The van der Waals surface area contributed by atoms with Crippen molar-refractivity contribution < 1.29 is 32.9 Å². The van der Waals surface area contributed by atoms with Crippen molar-refractivity contribution in [2.24, 2.45) is 0 Å². The highest BCUT2D eigenvalue weighted by atomic mass is 31.2. The van der Waals surface area contributed by atoms with E-state index in [9.17, 15) is 19.4 Å². The van der Waals surface area contributed by atoms with Gasteiger partial charge in [0.1, 0.15) is 13.2 Å². The monoisotopic (exact) mass is 1010 g/mol. The first kappa shape index (κ1) is 68.7. The number of phosphoric acid groups is 1. The summed E-state index contributed by atoms with van der Waals surface area (Å²) < 4.78 is 23.3. The third-order valence-electron chi connectivity index (χ3n) is 12.8. The summed E-state index contributed by atoms with van der Waals surface area (Å²) in [6.07, 6.45) is 73.8. The van der Waals surface area contributed by atoms with E-state index in [0.29, 0.717) is 17.4 Å². The van der Waals surface area contributed by atoms with E-state index in [1.165, 1.54) is 161 Å². The summed E-state index contributed by atoms with van der Waals surface area (Å²) in [7, 11) is 1.24. The smallest absolute Gasteiger partial charge is 0.268 e. The molecule has 8 nitrogen and oxygen atoms in total. The van der Waals surface area contributed by atoms with Gasteiger partial charge in [0.25, 0.3) is 7.82 Å². The number of phosphoric ester groups is 1. The largest absolute Gasteiger partial charge is 0.756 e. The highest BCUT2D eigenvalue weighted by Crippen LogP contribution is 2.38. The summed E-state index contributed by atoms with van der Waals surface area (Å²) >= 11 is 0. The van der Waals surface area contributed by atoms with Crippen molar-refractivity contribution in [1.82, 2.24) is 5.32 Å². The molecule has 0 bridgehead atoms. The van der Waals surface area contributed by atoms with Crippen LogP contribution in [0.15, 0.2) is 85.1 Å². The molecule has 2 N–H and O–H groups in total. The van der Waals surface area contributed by atoms with Crippen molar-refractivity contribution in [3.8, 4) is 0 Å². The molecule has 9 heteroatoms. The Kier molecular flexibility index (Phi) is 50.8. The first-order valence-electron chi connectivity index (χ1n) is 29.4. The number of aliphatic hydroxyl groups is 1. The summed E-state index contributed by atoms with van der Waals surface area (Å²) in [5.41, 5.74) is 0. The average Bonchev–Trinajstić information content (AvgIpc) is 3.33. The molecule has 412 valence electrons. The fourth-order valence-electron chi connectivity index (χ4n) is 8.26. The van der Waals surface area contributed by atoms with Crippen molar-refractivity contribution >= 4 is 13.7 Å². The van der Waals surface area contributed by atoms with E-state index in [4.69, 9.17) is 9.05 Å². The number of rotatable bonds is 53. The number of carbonyl (C=O) groups excluding carboxylic acids is 1. The molecule has 1 amide bonds. The predicted octanol–water partition coefficient (Wildman–Crippen LogP) is 17.4. The van der Waals surface area contributed by atoms with Crippen LogP contribution < -0.4 is 10.2 Å². The Labute approximate surface area is 439 Å². The molecule has 3 unspecified atom stereocenters. The van der Waals surface area contributed by atoms with E-state index in [1.54, 1.807) is 6.08 Å². The summed E-state index contributed by atoms with van der Waals surface area (Å²) in [4.78, 5) is 25.5. The van der Waals surface area contributed by atoms with Gasteiger partial charge in [-0.25, -0.2) is 0 Å². The van der Waals surface area contributed by atoms with Crippen LogP contribution in [0.2, 0.25) is 0 Å². The fraction of sp³-hybridized carbons (Fsp3) is 0.758. The van der Waals surface area contributed by atoms with Gasteiger partial charge >= 0.3 is 0 Å². The van der Waals surface area contributed by atoms with Crippen LogP contribution >= 0.6 is 7.82 Å². The van der Waals surface area contributed by atoms with Crippen molar-refractivity contribution in [2.45, 2.75) is 264 Å². The lowest BCUT2D eigenvalue weighted by molar-refractivity contribution is -0.870.